The summed E-state index contributed by atoms with van der Waals surface area (Å²) in [6, 6.07) is 11.3. The van der Waals surface area contributed by atoms with E-state index in [1.54, 1.807) is 18.2 Å². The average Bonchev–Trinajstić information content (AvgIpc) is 2.67. The zero-order valence-electron chi connectivity index (χ0n) is 16.3. The highest BCUT2D eigenvalue weighted by Crippen LogP contribution is 2.46. The third kappa shape index (κ3) is 2.79. The van der Waals surface area contributed by atoms with Gasteiger partial charge < -0.3 is 25.4 Å². The fourth-order valence-electron chi connectivity index (χ4n) is 4.50. The molecule has 0 bridgehead atoms. The quantitative estimate of drug-likeness (QED) is 0.553. The van der Waals surface area contributed by atoms with E-state index in [9.17, 15) is 15.3 Å². The lowest BCUT2D eigenvalue weighted by Crippen LogP contribution is -2.36. The standard InChI is InChI=1S/C23H25NO4/c1-12-9-14-7-8-17(23(27)20(14)13(2)24-12)21-15(11-25)10-19(28-3)22-16(21)5-4-6-18(22)26/h4-8,10,12-13,24-27H,9,11H2,1-3H3. The highest BCUT2D eigenvalue weighted by molar-refractivity contribution is 6.05. The summed E-state index contributed by atoms with van der Waals surface area (Å²) in [4.78, 5) is 0. The van der Waals surface area contributed by atoms with Gasteiger partial charge in [-0.3, -0.25) is 0 Å². The smallest absolute Gasteiger partial charge is 0.130 e. The van der Waals surface area contributed by atoms with Crippen LogP contribution in [0.15, 0.2) is 36.4 Å². The first-order valence-electron chi connectivity index (χ1n) is 9.49. The largest absolute Gasteiger partial charge is 0.507 e. The maximum absolute atomic E-state index is 11.2. The normalized spacial score (nSPS) is 18.9. The first-order chi connectivity index (χ1) is 13.5. The van der Waals surface area contributed by atoms with E-state index < -0.39 is 0 Å². The van der Waals surface area contributed by atoms with Crippen LogP contribution in [0.5, 0.6) is 17.2 Å². The number of benzene rings is 3. The van der Waals surface area contributed by atoms with E-state index in [1.807, 2.05) is 19.1 Å². The van der Waals surface area contributed by atoms with Crippen molar-refractivity contribution in [1.82, 2.24) is 5.32 Å². The number of phenolic OH excluding ortho intramolecular Hbond substituents is 2. The molecule has 1 aliphatic rings. The van der Waals surface area contributed by atoms with Crippen molar-refractivity contribution in [2.45, 2.75) is 39.0 Å². The molecule has 0 fully saturated rings. The number of aromatic hydroxyl groups is 2. The van der Waals surface area contributed by atoms with Crippen molar-refractivity contribution in [2.24, 2.45) is 0 Å². The molecular formula is C23H25NO4. The predicted octanol–water partition coefficient (Wildman–Crippen LogP) is 4.01. The van der Waals surface area contributed by atoms with Crippen molar-refractivity contribution in [2.75, 3.05) is 7.11 Å². The second-order valence-corrected chi connectivity index (χ2v) is 7.50. The number of aliphatic hydroxyl groups is 1. The number of phenols is 2. The molecule has 28 heavy (non-hydrogen) atoms. The van der Waals surface area contributed by atoms with Gasteiger partial charge in [0.2, 0.25) is 0 Å². The van der Waals surface area contributed by atoms with Crippen LogP contribution in [0.3, 0.4) is 0 Å². The van der Waals surface area contributed by atoms with E-state index in [2.05, 4.69) is 18.3 Å². The van der Waals surface area contributed by atoms with Crippen LogP contribution in [0.2, 0.25) is 0 Å². The summed E-state index contributed by atoms with van der Waals surface area (Å²) < 4.78 is 5.45. The van der Waals surface area contributed by atoms with Crippen LogP contribution in [0.4, 0.5) is 0 Å². The summed E-state index contributed by atoms with van der Waals surface area (Å²) in [5.41, 5.74) is 4.01. The van der Waals surface area contributed by atoms with Crippen LogP contribution in [-0.2, 0) is 13.0 Å². The molecule has 0 radical (unpaired) electrons. The van der Waals surface area contributed by atoms with Crippen molar-refractivity contribution in [3.05, 3.63) is 53.1 Å². The molecule has 0 amide bonds. The van der Waals surface area contributed by atoms with Crippen LogP contribution in [0.25, 0.3) is 21.9 Å². The molecular weight excluding hydrogens is 354 g/mol. The number of hydrogen-bond acceptors (Lipinski definition) is 5. The van der Waals surface area contributed by atoms with Crippen molar-refractivity contribution >= 4 is 10.8 Å². The molecule has 4 rings (SSSR count). The lowest BCUT2D eigenvalue weighted by atomic mass is 9.85. The number of nitrogens with one attached hydrogen (secondary N) is 1. The fraction of sp³-hybridized carbons (Fsp3) is 0.304. The zero-order valence-corrected chi connectivity index (χ0v) is 16.3. The van der Waals surface area contributed by atoms with E-state index in [0.29, 0.717) is 33.9 Å². The minimum Gasteiger partial charge on any atom is -0.507 e. The number of aliphatic hydroxyl groups excluding tert-OH is 1. The Morgan fingerprint density at radius 3 is 2.64 bits per heavy atom. The van der Waals surface area contributed by atoms with Gasteiger partial charge in [-0.25, -0.2) is 0 Å². The minimum absolute atomic E-state index is 0.0224. The van der Waals surface area contributed by atoms with E-state index in [1.165, 1.54) is 7.11 Å². The van der Waals surface area contributed by atoms with Crippen LogP contribution >= 0.6 is 0 Å². The number of fused-ring (bicyclic) bond motifs is 2. The van der Waals surface area contributed by atoms with Gasteiger partial charge in [0, 0.05) is 23.2 Å². The van der Waals surface area contributed by atoms with Crippen molar-refractivity contribution in [3.8, 4) is 28.4 Å². The summed E-state index contributed by atoms with van der Waals surface area (Å²) in [6.07, 6.45) is 0.852. The second kappa shape index (κ2) is 7.00. The summed E-state index contributed by atoms with van der Waals surface area (Å²) in [7, 11) is 1.53. The van der Waals surface area contributed by atoms with Gasteiger partial charge >= 0.3 is 0 Å². The maximum atomic E-state index is 11.2. The predicted molar refractivity (Wildman–Crippen MR) is 110 cm³/mol. The van der Waals surface area contributed by atoms with Crippen LogP contribution < -0.4 is 10.1 Å². The molecule has 0 saturated heterocycles. The molecule has 0 aliphatic carbocycles. The molecule has 5 nitrogen and oxygen atoms in total. The summed E-state index contributed by atoms with van der Waals surface area (Å²) in [5.74, 6) is 0.803. The zero-order chi connectivity index (χ0) is 20.0. The molecule has 0 aromatic heterocycles. The van der Waals surface area contributed by atoms with Gasteiger partial charge in [-0.2, -0.15) is 0 Å². The Labute approximate surface area is 164 Å². The highest BCUT2D eigenvalue weighted by Gasteiger charge is 2.27. The monoisotopic (exact) mass is 379 g/mol. The van der Waals surface area contributed by atoms with Gasteiger partial charge in [0.05, 0.1) is 19.1 Å². The molecule has 1 aliphatic heterocycles. The number of ether oxygens (including phenoxy) is 1. The van der Waals surface area contributed by atoms with Gasteiger partial charge in [-0.15, -0.1) is 0 Å². The fourth-order valence-corrected chi connectivity index (χ4v) is 4.50. The minimum atomic E-state index is -0.210. The summed E-state index contributed by atoms with van der Waals surface area (Å²) >= 11 is 0. The Balaban J connectivity index is 2.06. The lowest BCUT2D eigenvalue weighted by molar-refractivity contribution is 0.281. The molecule has 146 valence electrons. The third-order valence-corrected chi connectivity index (χ3v) is 5.65. The van der Waals surface area contributed by atoms with Gasteiger partial charge in [0.15, 0.2) is 0 Å². The van der Waals surface area contributed by atoms with Crippen LogP contribution in [-0.4, -0.2) is 28.5 Å². The van der Waals surface area contributed by atoms with Gasteiger partial charge in [0.25, 0.3) is 0 Å². The SMILES string of the molecule is COc1cc(CO)c(-c2ccc3c(c2O)C(C)NC(C)C3)c2cccc(O)c12. The molecule has 1 heterocycles. The Bertz CT molecular complexity index is 1060. The van der Waals surface area contributed by atoms with E-state index >= 15 is 0 Å². The van der Waals surface area contributed by atoms with E-state index in [0.717, 1.165) is 22.9 Å². The molecule has 4 N–H and O–H groups in total. The molecule has 5 heteroatoms. The second-order valence-electron chi connectivity index (χ2n) is 7.50. The average molecular weight is 379 g/mol. The number of rotatable bonds is 3. The highest BCUT2D eigenvalue weighted by atomic mass is 16.5. The first-order valence-corrected chi connectivity index (χ1v) is 9.49. The van der Waals surface area contributed by atoms with Crippen molar-refractivity contribution in [1.29, 1.82) is 0 Å². The van der Waals surface area contributed by atoms with Gasteiger partial charge in [0.1, 0.15) is 17.2 Å². The topological polar surface area (TPSA) is 82.0 Å². The Morgan fingerprint density at radius 1 is 1.14 bits per heavy atom. The summed E-state index contributed by atoms with van der Waals surface area (Å²) in [5, 5.41) is 36.4. The van der Waals surface area contributed by atoms with Gasteiger partial charge in [-0.05, 0) is 54.5 Å². The third-order valence-electron chi connectivity index (χ3n) is 5.65. The molecule has 0 spiro atoms. The van der Waals surface area contributed by atoms with E-state index in [4.69, 9.17) is 4.74 Å². The summed E-state index contributed by atoms with van der Waals surface area (Å²) in [6.45, 7) is 3.97. The Hall–Kier alpha value is -2.76. The molecule has 2 unspecified atom stereocenters. The molecule has 3 aromatic rings. The maximum Gasteiger partial charge on any atom is 0.130 e. The number of methoxy groups -OCH3 is 1. The van der Waals surface area contributed by atoms with E-state index in [-0.39, 0.29) is 24.1 Å². The van der Waals surface area contributed by atoms with Crippen molar-refractivity contribution < 1.29 is 20.1 Å². The first kappa shape index (κ1) is 18.6. The van der Waals surface area contributed by atoms with Crippen molar-refractivity contribution in [3.63, 3.8) is 0 Å². The Kier molecular flexibility index (Phi) is 4.65. The van der Waals surface area contributed by atoms with Crippen LogP contribution in [0.1, 0.15) is 36.6 Å². The van der Waals surface area contributed by atoms with Crippen LogP contribution in [0, 0.1) is 0 Å². The lowest BCUT2D eigenvalue weighted by Gasteiger charge is -2.31. The molecule has 0 saturated carbocycles. The van der Waals surface area contributed by atoms with Gasteiger partial charge in [-0.1, -0.05) is 24.3 Å². The Morgan fingerprint density at radius 2 is 1.93 bits per heavy atom. The molecule has 3 aromatic carbocycles. The number of hydrogen-bond donors (Lipinski definition) is 4. The molecule has 2 atom stereocenters.